The third kappa shape index (κ3) is 4.02. The molecule has 1 aliphatic carbocycles. The lowest BCUT2D eigenvalue weighted by Crippen LogP contribution is -2.50. The Bertz CT molecular complexity index is 748. The van der Waals surface area contributed by atoms with Crippen LogP contribution in [0.15, 0.2) is 30.3 Å². The third-order valence-corrected chi connectivity index (χ3v) is 5.12. The molecule has 1 aromatic carbocycles. The van der Waals surface area contributed by atoms with Gasteiger partial charge in [0.2, 0.25) is 0 Å². The Morgan fingerprint density at radius 1 is 1.21 bits per heavy atom. The SMILES string of the molecule is CCOC(=O)[C@H](NC(=O)c1ccccc1)[C@@H]1C[C@H](C(=O)O)[C@H]2OC(C)(C)O[C@@H]12. The fourth-order valence-electron chi connectivity index (χ4n) is 3.97. The Kier molecular flexibility index (Phi) is 5.71. The van der Waals surface area contributed by atoms with Gasteiger partial charge in [-0.05, 0) is 39.3 Å². The summed E-state index contributed by atoms with van der Waals surface area (Å²) in [6, 6.07) is 7.44. The van der Waals surface area contributed by atoms with Crippen molar-refractivity contribution in [1.29, 1.82) is 0 Å². The van der Waals surface area contributed by atoms with E-state index in [2.05, 4.69) is 5.32 Å². The lowest BCUT2D eigenvalue weighted by Gasteiger charge is -2.28. The van der Waals surface area contributed by atoms with Gasteiger partial charge in [0.1, 0.15) is 12.1 Å². The van der Waals surface area contributed by atoms with Crippen molar-refractivity contribution in [2.75, 3.05) is 6.61 Å². The summed E-state index contributed by atoms with van der Waals surface area (Å²) in [5, 5.41) is 12.3. The zero-order chi connectivity index (χ0) is 20.5. The summed E-state index contributed by atoms with van der Waals surface area (Å²) in [6.07, 6.45) is -1.19. The molecule has 28 heavy (non-hydrogen) atoms. The fourth-order valence-corrected chi connectivity index (χ4v) is 3.97. The molecule has 2 fully saturated rings. The Balaban J connectivity index is 1.88. The van der Waals surface area contributed by atoms with Crippen LogP contribution in [0.3, 0.4) is 0 Å². The van der Waals surface area contributed by atoms with E-state index in [-0.39, 0.29) is 13.0 Å². The Morgan fingerprint density at radius 3 is 2.46 bits per heavy atom. The quantitative estimate of drug-likeness (QED) is 0.708. The predicted octanol–water partition coefficient (Wildman–Crippen LogP) is 1.59. The summed E-state index contributed by atoms with van der Waals surface area (Å²) in [6.45, 7) is 5.21. The van der Waals surface area contributed by atoms with E-state index in [0.29, 0.717) is 5.56 Å². The zero-order valence-corrected chi connectivity index (χ0v) is 16.1. The van der Waals surface area contributed by atoms with Crippen molar-refractivity contribution in [3.8, 4) is 0 Å². The monoisotopic (exact) mass is 391 g/mol. The van der Waals surface area contributed by atoms with Crippen LogP contribution in [-0.4, -0.2) is 53.6 Å². The number of benzene rings is 1. The van der Waals surface area contributed by atoms with Crippen LogP contribution >= 0.6 is 0 Å². The van der Waals surface area contributed by atoms with E-state index in [1.165, 1.54) is 0 Å². The molecule has 0 bridgehead atoms. The maximum atomic E-state index is 12.6. The average Bonchev–Trinajstić information content (AvgIpc) is 3.13. The number of aliphatic carboxylic acids is 1. The first-order chi connectivity index (χ1) is 13.2. The first-order valence-electron chi connectivity index (χ1n) is 9.34. The summed E-state index contributed by atoms with van der Waals surface area (Å²) < 4.78 is 16.9. The second-order valence-corrected chi connectivity index (χ2v) is 7.48. The molecular formula is C20H25NO7. The molecule has 2 aliphatic rings. The van der Waals surface area contributed by atoms with Gasteiger partial charge in [-0.3, -0.25) is 9.59 Å². The zero-order valence-electron chi connectivity index (χ0n) is 16.1. The minimum Gasteiger partial charge on any atom is -0.481 e. The van der Waals surface area contributed by atoms with Crippen molar-refractivity contribution in [3.63, 3.8) is 0 Å². The van der Waals surface area contributed by atoms with Gasteiger partial charge in [0.05, 0.1) is 18.6 Å². The van der Waals surface area contributed by atoms with Gasteiger partial charge in [-0.1, -0.05) is 18.2 Å². The first-order valence-corrected chi connectivity index (χ1v) is 9.34. The molecule has 1 heterocycles. The molecule has 0 spiro atoms. The average molecular weight is 391 g/mol. The summed E-state index contributed by atoms with van der Waals surface area (Å²) in [5.74, 6) is -4.45. The molecule has 1 saturated heterocycles. The van der Waals surface area contributed by atoms with E-state index >= 15 is 0 Å². The van der Waals surface area contributed by atoms with E-state index in [1.807, 2.05) is 0 Å². The number of carbonyl (C=O) groups excluding carboxylic acids is 2. The lowest BCUT2D eigenvalue weighted by molar-refractivity contribution is -0.172. The second-order valence-electron chi connectivity index (χ2n) is 7.48. The molecule has 5 atom stereocenters. The molecule has 3 rings (SSSR count). The van der Waals surface area contributed by atoms with Crippen LogP contribution in [0, 0.1) is 11.8 Å². The molecular weight excluding hydrogens is 366 g/mol. The number of hydrogen-bond donors (Lipinski definition) is 2. The van der Waals surface area contributed by atoms with Gasteiger partial charge in [0.25, 0.3) is 5.91 Å². The third-order valence-electron chi connectivity index (χ3n) is 5.12. The highest BCUT2D eigenvalue weighted by atomic mass is 16.8. The van der Waals surface area contributed by atoms with Crippen molar-refractivity contribution in [1.82, 2.24) is 5.32 Å². The fraction of sp³-hybridized carbons (Fsp3) is 0.550. The highest BCUT2D eigenvalue weighted by Gasteiger charge is 2.59. The number of carboxylic acid groups (broad SMARTS) is 1. The maximum Gasteiger partial charge on any atom is 0.329 e. The van der Waals surface area contributed by atoms with Crippen LogP contribution in [0.25, 0.3) is 0 Å². The van der Waals surface area contributed by atoms with Gasteiger partial charge >= 0.3 is 11.9 Å². The normalized spacial score (nSPS) is 29.0. The number of esters is 1. The number of amides is 1. The van der Waals surface area contributed by atoms with Crippen LogP contribution in [0.2, 0.25) is 0 Å². The number of fused-ring (bicyclic) bond motifs is 1. The Morgan fingerprint density at radius 2 is 1.86 bits per heavy atom. The van der Waals surface area contributed by atoms with Crippen LogP contribution in [0.1, 0.15) is 37.6 Å². The van der Waals surface area contributed by atoms with E-state index in [1.54, 1.807) is 51.1 Å². The van der Waals surface area contributed by atoms with Gasteiger partial charge < -0.3 is 24.6 Å². The minimum atomic E-state index is -1.04. The highest BCUT2D eigenvalue weighted by Crippen LogP contribution is 2.46. The topological polar surface area (TPSA) is 111 Å². The molecule has 2 N–H and O–H groups in total. The number of carbonyl (C=O) groups is 3. The van der Waals surface area contributed by atoms with Crippen LogP contribution in [0.5, 0.6) is 0 Å². The molecule has 0 aromatic heterocycles. The molecule has 152 valence electrons. The van der Waals surface area contributed by atoms with Crippen molar-refractivity contribution >= 4 is 17.8 Å². The van der Waals surface area contributed by atoms with Crippen molar-refractivity contribution < 1.29 is 33.7 Å². The number of ether oxygens (including phenoxy) is 3. The standard InChI is InChI=1S/C20H25NO7/c1-4-26-19(25)14(21-17(22)11-8-6-5-7-9-11)12-10-13(18(23)24)16-15(12)27-20(2,3)28-16/h5-9,12-16H,4,10H2,1-3H3,(H,21,22)(H,23,24)/t12-,13-,14+,15-,16+/m0/s1. The number of carboxylic acids is 1. The molecule has 1 saturated carbocycles. The van der Waals surface area contributed by atoms with E-state index in [4.69, 9.17) is 14.2 Å². The van der Waals surface area contributed by atoms with Gasteiger partial charge in [0.15, 0.2) is 5.79 Å². The van der Waals surface area contributed by atoms with Gasteiger partial charge in [-0.15, -0.1) is 0 Å². The highest BCUT2D eigenvalue weighted by molar-refractivity contribution is 5.96. The minimum absolute atomic E-state index is 0.138. The van der Waals surface area contributed by atoms with Crippen LogP contribution in [-0.2, 0) is 23.8 Å². The summed E-state index contributed by atoms with van der Waals surface area (Å²) >= 11 is 0. The van der Waals surface area contributed by atoms with Crippen LogP contribution in [0.4, 0.5) is 0 Å². The molecule has 0 unspecified atom stereocenters. The molecule has 8 heteroatoms. The Hall–Kier alpha value is -2.45. The van der Waals surface area contributed by atoms with E-state index in [9.17, 15) is 19.5 Å². The molecule has 1 aromatic rings. The second kappa shape index (κ2) is 7.89. The summed E-state index contributed by atoms with van der Waals surface area (Å²) in [4.78, 5) is 37.0. The molecule has 1 aliphatic heterocycles. The lowest BCUT2D eigenvalue weighted by atomic mass is 9.94. The Labute approximate surface area is 163 Å². The van der Waals surface area contributed by atoms with E-state index < -0.39 is 53.7 Å². The van der Waals surface area contributed by atoms with Gasteiger partial charge in [0, 0.05) is 11.5 Å². The molecule has 1 amide bonds. The predicted molar refractivity (Wildman–Crippen MR) is 97.4 cm³/mol. The van der Waals surface area contributed by atoms with Crippen molar-refractivity contribution in [3.05, 3.63) is 35.9 Å². The van der Waals surface area contributed by atoms with Crippen molar-refractivity contribution in [2.24, 2.45) is 11.8 Å². The first kappa shape index (κ1) is 20.3. The summed E-state index contributed by atoms with van der Waals surface area (Å²) in [7, 11) is 0. The van der Waals surface area contributed by atoms with Gasteiger partial charge in [-0.25, -0.2) is 4.79 Å². The largest absolute Gasteiger partial charge is 0.481 e. The molecule has 8 nitrogen and oxygen atoms in total. The smallest absolute Gasteiger partial charge is 0.329 e. The van der Waals surface area contributed by atoms with Gasteiger partial charge in [-0.2, -0.15) is 0 Å². The van der Waals surface area contributed by atoms with E-state index in [0.717, 1.165) is 0 Å². The number of hydrogen-bond acceptors (Lipinski definition) is 6. The maximum absolute atomic E-state index is 12.6. The van der Waals surface area contributed by atoms with Crippen molar-refractivity contribution in [2.45, 2.75) is 51.2 Å². The van der Waals surface area contributed by atoms with Crippen LogP contribution < -0.4 is 5.32 Å². The molecule has 0 radical (unpaired) electrons. The summed E-state index contributed by atoms with van der Waals surface area (Å²) in [5.41, 5.74) is 0.394. The number of nitrogens with one attached hydrogen (secondary N) is 1. The number of rotatable bonds is 6.